The van der Waals surface area contributed by atoms with E-state index in [1.165, 1.54) is 27.9 Å². The van der Waals surface area contributed by atoms with Crippen molar-refractivity contribution in [2.45, 2.75) is 59.1 Å². The SMILES string of the molecule is Cc1c(C)n(Cc2ccc(C(C)(C)C)cc2)c2c(OC(Cc3ccccc3)C3=COCO3)ccnc12.Cl. The summed E-state index contributed by atoms with van der Waals surface area (Å²) in [5.41, 5.74) is 8.20. The van der Waals surface area contributed by atoms with Gasteiger partial charge in [-0.2, -0.15) is 0 Å². The fourth-order valence-electron chi connectivity index (χ4n) is 4.70. The molecule has 0 spiro atoms. The lowest BCUT2D eigenvalue weighted by molar-refractivity contribution is 0.0559. The monoisotopic (exact) mass is 518 g/mol. The van der Waals surface area contributed by atoms with Gasteiger partial charge in [-0.15, -0.1) is 12.4 Å². The van der Waals surface area contributed by atoms with Gasteiger partial charge in [0.15, 0.2) is 11.9 Å². The number of aromatic nitrogens is 2. The van der Waals surface area contributed by atoms with Crippen LogP contribution in [-0.4, -0.2) is 22.4 Å². The highest BCUT2D eigenvalue weighted by atomic mass is 35.5. The molecule has 0 saturated heterocycles. The summed E-state index contributed by atoms with van der Waals surface area (Å²) in [5, 5.41) is 0. The van der Waals surface area contributed by atoms with Crippen molar-refractivity contribution in [1.29, 1.82) is 0 Å². The van der Waals surface area contributed by atoms with Crippen molar-refractivity contribution in [3.63, 3.8) is 0 Å². The number of benzene rings is 2. The van der Waals surface area contributed by atoms with E-state index >= 15 is 0 Å². The number of hydrogen-bond donors (Lipinski definition) is 0. The molecule has 1 unspecified atom stereocenters. The van der Waals surface area contributed by atoms with E-state index in [0.29, 0.717) is 12.2 Å². The molecule has 4 aromatic rings. The van der Waals surface area contributed by atoms with Crippen LogP contribution < -0.4 is 4.74 Å². The molecule has 3 heterocycles. The summed E-state index contributed by atoms with van der Waals surface area (Å²) in [7, 11) is 0. The van der Waals surface area contributed by atoms with Crippen LogP contribution >= 0.6 is 12.4 Å². The van der Waals surface area contributed by atoms with Gasteiger partial charge >= 0.3 is 0 Å². The van der Waals surface area contributed by atoms with Crippen molar-refractivity contribution in [1.82, 2.24) is 9.55 Å². The minimum Gasteiger partial charge on any atom is -0.480 e. The predicted octanol–water partition coefficient (Wildman–Crippen LogP) is 7.26. The van der Waals surface area contributed by atoms with E-state index in [-0.39, 0.29) is 30.7 Å². The van der Waals surface area contributed by atoms with Crippen LogP contribution in [0.3, 0.4) is 0 Å². The lowest BCUT2D eigenvalue weighted by Crippen LogP contribution is -2.23. The van der Waals surface area contributed by atoms with Gasteiger partial charge in [0.1, 0.15) is 17.5 Å². The predicted molar refractivity (Wildman–Crippen MR) is 150 cm³/mol. The number of fused-ring (bicyclic) bond motifs is 1. The van der Waals surface area contributed by atoms with E-state index in [1.807, 2.05) is 30.5 Å². The third kappa shape index (κ3) is 5.62. The highest BCUT2D eigenvalue weighted by molar-refractivity contribution is 5.86. The first-order valence-corrected chi connectivity index (χ1v) is 12.5. The summed E-state index contributed by atoms with van der Waals surface area (Å²) in [4.78, 5) is 4.73. The maximum Gasteiger partial charge on any atom is 0.230 e. The number of hydrogen-bond acceptors (Lipinski definition) is 4. The average Bonchev–Trinajstić information content (AvgIpc) is 3.49. The number of pyridine rings is 1. The van der Waals surface area contributed by atoms with Crippen molar-refractivity contribution < 1.29 is 14.2 Å². The maximum absolute atomic E-state index is 6.69. The quantitative estimate of drug-likeness (QED) is 0.258. The zero-order valence-corrected chi connectivity index (χ0v) is 23.0. The van der Waals surface area contributed by atoms with E-state index in [2.05, 4.69) is 75.6 Å². The van der Waals surface area contributed by atoms with Crippen LogP contribution in [0.25, 0.3) is 11.0 Å². The molecular formula is C31H35ClN2O3. The molecule has 194 valence electrons. The van der Waals surface area contributed by atoms with Gasteiger partial charge in [0, 0.05) is 30.9 Å². The van der Waals surface area contributed by atoms with Crippen LogP contribution in [0.5, 0.6) is 5.75 Å². The summed E-state index contributed by atoms with van der Waals surface area (Å²) in [6.07, 6.45) is 3.85. The first kappa shape index (κ1) is 26.6. The molecule has 0 bridgehead atoms. The number of ether oxygens (including phenoxy) is 3. The average molecular weight is 519 g/mol. The lowest BCUT2D eigenvalue weighted by Gasteiger charge is -2.21. The lowest BCUT2D eigenvalue weighted by atomic mass is 9.87. The summed E-state index contributed by atoms with van der Waals surface area (Å²) in [6.45, 7) is 12.0. The molecule has 0 N–H and O–H groups in total. The topological polar surface area (TPSA) is 45.5 Å². The molecule has 1 atom stereocenters. The van der Waals surface area contributed by atoms with E-state index in [9.17, 15) is 0 Å². The Hall–Kier alpha value is -3.44. The van der Waals surface area contributed by atoms with Gasteiger partial charge in [0.05, 0.1) is 5.52 Å². The largest absolute Gasteiger partial charge is 0.480 e. The Bertz CT molecular complexity index is 1390. The van der Waals surface area contributed by atoms with E-state index in [4.69, 9.17) is 19.2 Å². The molecule has 6 heteroatoms. The molecule has 0 aliphatic carbocycles. The molecule has 0 saturated carbocycles. The minimum atomic E-state index is -0.310. The molecule has 1 aliphatic heterocycles. The Morgan fingerprint density at radius 2 is 1.70 bits per heavy atom. The Kier molecular flexibility index (Phi) is 7.84. The first-order chi connectivity index (χ1) is 17.3. The van der Waals surface area contributed by atoms with Crippen molar-refractivity contribution >= 4 is 23.4 Å². The molecular weight excluding hydrogens is 484 g/mol. The Morgan fingerprint density at radius 1 is 0.973 bits per heavy atom. The smallest absolute Gasteiger partial charge is 0.230 e. The zero-order valence-electron chi connectivity index (χ0n) is 22.2. The molecule has 2 aromatic carbocycles. The highest BCUT2D eigenvalue weighted by Gasteiger charge is 2.25. The third-order valence-electron chi connectivity index (χ3n) is 6.96. The summed E-state index contributed by atoms with van der Waals surface area (Å²) in [6, 6.07) is 21.2. The minimum absolute atomic E-state index is 0. The second-order valence-corrected chi connectivity index (χ2v) is 10.5. The number of aryl methyl sites for hydroxylation is 1. The van der Waals surface area contributed by atoms with Crippen LogP contribution in [0.2, 0.25) is 0 Å². The Balaban J connectivity index is 0.00000320. The molecule has 0 amide bonds. The van der Waals surface area contributed by atoms with Crippen molar-refractivity contribution in [2.75, 3.05) is 6.79 Å². The zero-order chi connectivity index (χ0) is 25.3. The molecule has 5 rings (SSSR count). The van der Waals surface area contributed by atoms with Crippen LogP contribution in [0, 0.1) is 13.8 Å². The van der Waals surface area contributed by atoms with Gasteiger partial charge in [-0.05, 0) is 41.5 Å². The second-order valence-electron chi connectivity index (χ2n) is 10.5. The molecule has 0 fully saturated rings. The van der Waals surface area contributed by atoms with Gasteiger partial charge < -0.3 is 18.8 Å². The number of halogens is 1. The van der Waals surface area contributed by atoms with Gasteiger partial charge in [0.25, 0.3) is 0 Å². The molecule has 37 heavy (non-hydrogen) atoms. The van der Waals surface area contributed by atoms with E-state index in [0.717, 1.165) is 23.3 Å². The van der Waals surface area contributed by atoms with Gasteiger partial charge in [-0.3, -0.25) is 4.98 Å². The number of rotatable bonds is 7. The van der Waals surface area contributed by atoms with Crippen molar-refractivity contribution in [3.05, 3.63) is 107 Å². The summed E-state index contributed by atoms with van der Waals surface area (Å²) < 4.78 is 20.1. The fourth-order valence-corrected chi connectivity index (χ4v) is 4.70. The normalized spacial score (nSPS) is 13.9. The molecule has 1 aliphatic rings. The summed E-state index contributed by atoms with van der Waals surface area (Å²) >= 11 is 0. The molecule has 2 aromatic heterocycles. The standard InChI is InChI=1S/C31H34N2O3.ClH/c1-21-22(2)33(18-24-11-13-25(14-12-24)31(3,4)5)30-26(15-16-32-29(21)30)36-27(28-19-34-20-35-28)17-23-9-7-6-8-10-23;/h6-16,19,27H,17-18,20H2,1-5H3;1H. The van der Waals surface area contributed by atoms with Crippen LogP contribution in [0.4, 0.5) is 0 Å². The highest BCUT2D eigenvalue weighted by Crippen LogP contribution is 2.34. The molecule has 5 nitrogen and oxygen atoms in total. The van der Waals surface area contributed by atoms with Gasteiger partial charge in [0.2, 0.25) is 6.79 Å². The first-order valence-electron chi connectivity index (χ1n) is 12.5. The van der Waals surface area contributed by atoms with Gasteiger partial charge in [-0.25, -0.2) is 0 Å². The van der Waals surface area contributed by atoms with E-state index in [1.54, 1.807) is 6.26 Å². The maximum atomic E-state index is 6.69. The summed E-state index contributed by atoms with van der Waals surface area (Å²) in [5.74, 6) is 1.49. The van der Waals surface area contributed by atoms with Crippen LogP contribution in [0.15, 0.2) is 78.9 Å². The third-order valence-corrected chi connectivity index (χ3v) is 6.96. The van der Waals surface area contributed by atoms with Crippen LogP contribution in [0.1, 0.15) is 48.7 Å². The second kappa shape index (κ2) is 10.9. The van der Waals surface area contributed by atoms with Crippen molar-refractivity contribution in [3.8, 4) is 5.75 Å². The number of nitrogens with zero attached hydrogens (tertiary/aromatic N) is 2. The van der Waals surface area contributed by atoms with Crippen molar-refractivity contribution in [2.24, 2.45) is 0 Å². The van der Waals surface area contributed by atoms with Gasteiger partial charge in [-0.1, -0.05) is 75.4 Å². The Labute approximate surface area is 225 Å². The Morgan fingerprint density at radius 3 is 2.35 bits per heavy atom. The molecule has 0 radical (unpaired) electrons. The van der Waals surface area contributed by atoms with E-state index < -0.39 is 0 Å². The fraction of sp³-hybridized carbons (Fsp3) is 0.323. The van der Waals surface area contributed by atoms with Crippen LogP contribution in [-0.2, 0) is 27.9 Å².